The quantitative estimate of drug-likeness (QED) is 0.560. The van der Waals surface area contributed by atoms with Gasteiger partial charge in [-0.25, -0.2) is 4.79 Å². The first-order valence-electron chi connectivity index (χ1n) is 9.25. The predicted molar refractivity (Wildman–Crippen MR) is 115 cm³/mol. The minimum absolute atomic E-state index is 0.268. The Morgan fingerprint density at radius 2 is 1.67 bits per heavy atom. The Morgan fingerprint density at radius 3 is 2.26 bits per heavy atom. The van der Waals surface area contributed by atoms with Crippen LogP contribution in [-0.4, -0.2) is 29.1 Å². The SMILES string of the molecule is CCN(CC)C(=S)Nc1cc(C)c(C(=O)OCc2ccc(C)cc2)cc1C. The van der Waals surface area contributed by atoms with Crippen LogP contribution in [-0.2, 0) is 11.3 Å². The zero-order chi connectivity index (χ0) is 20.0. The van der Waals surface area contributed by atoms with Crippen molar-refractivity contribution in [1.29, 1.82) is 0 Å². The lowest BCUT2D eigenvalue weighted by molar-refractivity contribution is 0.0472. The van der Waals surface area contributed by atoms with E-state index in [1.165, 1.54) is 5.56 Å². The van der Waals surface area contributed by atoms with E-state index in [1.54, 1.807) is 0 Å². The van der Waals surface area contributed by atoms with Crippen LogP contribution in [0.2, 0.25) is 0 Å². The first kappa shape index (κ1) is 20.9. The summed E-state index contributed by atoms with van der Waals surface area (Å²) in [5.41, 5.74) is 5.48. The Morgan fingerprint density at radius 1 is 1.04 bits per heavy atom. The van der Waals surface area contributed by atoms with Crippen molar-refractivity contribution in [2.45, 2.75) is 41.2 Å². The van der Waals surface area contributed by atoms with E-state index in [0.717, 1.165) is 35.5 Å². The van der Waals surface area contributed by atoms with Crippen LogP contribution in [0.15, 0.2) is 36.4 Å². The minimum atomic E-state index is -0.311. The largest absolute Gasteiger partial charge is 0.457 e. The minimum Gasteiger partial charge on any atom is -0.457 e. The fraction of sp³-hybridized carbons (Fsp3) is 0.364. The highest BCUT2D eigenvalue weighted by Crippen LogP contribution is 2.22. The van der Waals surface area contributed by atoms with E-state index in [-0.39, 0.29) is 12.6 Å². The third kappa shape index (κ3) is 5.54. The van der Waals surface area contributed by atoms with E-state index in [4.69, 9.17) is 17.0 Å². The van der Waals surface area contributed by atoms with E-state index in [9.17, 15) is 4.79 Å². The molecule has 0 heterocycles. The third-order valence-corrected chi connectivity index (χ3v) is 4.93. The molecule has 5 heteroatoms. The number of esters is 1. The lowest BCUT2D eigenvalue weighted by atomic mass is 10.0. The smallest absolute Gasteiger partial charge is 0.338 e. The average molecular weight is 385 g/mol. The second-order valence-corrected chi connectivity index (χ2v) is 7.03. The van der Waals surface area contributed by atoms with Crippen molar-refractivity contribution in [3.8, 4) is 0 Å². The van der Waals surface area contributed by atoms with Crippen LogP contribution in [0.25, 0.3) is 0 Å². The molecule has 0 atom stereocenters. The van der Waals surface area contributed by atoms with Crippen LogP contribution in [0.1, 0.15) is 46.5 Å². The summed E-state index contributed by atoms with van der Waals surface area (Å²) in [4.78, 5) is 14.6. The van der Waals surface area contributed by atoms with Crippen LogP contribution in [0.5, 0.6) is 0 Å². The summed E-state index contributed by atoms with van der Waals surface area (Å²) in [6.07, 6.45) is 0. The Hall–Kier alpha value is -2.40. The van der Waals surface area contributed by atoms with Gasteiger partial charge in [-0.1, -0.05) is 29.8 Å². The van der Waals surface area contributed by atoms with Crippen molar-refractivity contribution < 1.29 is 9.53 Å². The molecular weight excluding hydrogens is 356 g/mol. The fourth-order valence-electron chi connectivity index (χ4n) is 2.79. The highest BCUT2D eigenvalue weighted by molar-refractivity contribution is 7.80. The molecule has 0 saturated heterocycles. The highest BCUT2D eigenvalue weighted by Gasteiger charge is 2.15. The Bertz CT molecular complexity index is 812. The van der Waals surface area contributed by atoms with Crippen LogP contribution in [0, 0.1) is 20.8 Å². The van der Waals surface area contributed by atoms with Crippen LogP contribution < -0.4 is 5.32 Å². The number of hydrogen-bond donors (Lipinski definition) is 1. The number of aryl methyl sites for hydroxylation is 3. The number of benzene rings is 2. The molecule has 0 fully saturated rings. The molecule has 0 aromatic heterocycles. The van der Waals surface area contributed by atoms with Gasteiger partial charge >= 0.3 is 5.97 Å². The van der Waals surface area contributed by atoms with E-state index in [0.29, 0.717) is 10.7 Å². The van der Waals surface area contributed by atoms with Crippen molar-refractivity contribution in [2.75, 3.05) is 18.4 Å². The molecule has 0 saturated carbocycles. The molecule has 0 aliphatic heterocycles. The summed E-state index contributed by atoms with van der Waals surface area (Å²) in [5.74, 6) is -0.311. The van der Waals surface area contributed by atoms with Gasteiger partial charge in [-0.15, -0.1) is 0 Å². The standard InChI is InChI=1S/C22H28N2O2S/c1-6-24(7-2)22(27)23-20-13-16(4)19(12-17(20)5)21(25)26-14-18-10-8-15(3)9-11-18/h8-13H,6-7,14H2,1-5H3,(H,23,27). The normalized spacial score (nSPS) is 10.4. The average Bonchev–Trinajstić information content (AvgIpc) is 2.64. The van der Waals surface area contributed by atoms with Crippen LogP contribution in [0.4, 0.5) is 5.69 Å². The number of hydrogen-bond acceptors (Lipinski definition) is 3. The van der Waals surface area contributed by atoms with Gasteiger partial charge in [0.1, 0.15) is 6.61 Å². The van der Waals surface area contributed by atoms with E-state index in [2.05, 4.69) is 24.1 Å². The first-order chi connectivity index (χ1) is 12.8. The molecule has 2 rings (SSSR count). The highest BCUT2D eigenvalue weighted by atomic mass is 32.1. The molecule has 144 valence electrons. The van der Waals surface area contributed by atoms with Crippen molar-refractivity contribution >= 4 is 29.0 Å². The summed E-state index contributed by atoms with van der Waals surface area (Å²) < 4.78 is 5.49. The Balaban J connectivity index is 2.09. The molecule has 4 nitrogen and oxygen atoms in total. The van der Waals surface area contributed by atoms with E-state index >= 15 is 0 Å². The van der Waals surface area contributed by atoms with Gasteiger partial charge in [0.2, 0.25) is 0 Å². The van der Waals surface area contributed by atoms with Gasteiger partial charge in [0.25, 0.3) is 0 Å². The maximum Gasteiger partial charge on any atom is 0.338 e. The molecule has 0 amide bonds. The van der Waals surface area contributed by atoms with Crippen molar-refractivity contribution in [1.82, 2.24) is 4.90 Å². The summed E-state index contributed by atoms with van der Waals surface area (Å²) in [7, 11) is 0. The molecule has 0 radical (unpaired) electrons. The number of carbonyl (C=O) groups excluding carboxylic acids is 1. The van der Waals surface area contributed by atoms with Crippen molar-refractivity contribution in [2.24, 2.45) is 0 Å². The zero-order valence-corrected chi connectivity index (χ0v) is 17.6. The van der Waals surface area contributed by atoms with Crippen molar-refractivity contribution in [3.05, 3.63) is 64.2 Å². The number of thiocarbonyl (C=S) groups is 1. The molecule has 0 aliphatic carbocycles. The number of nitrogens with zero attached hydrogens (tertiary/aromatic N) is 1. The lowest BCUT2D eigenvalue weighted by Gasteiger charge is -2.23. The summed E-state index contributed by atoms with van der Waals surface area (Å²) in [5, 5.41) is 3.98. The van der Waals surface area contributed by atoms with Crippen LogP contribution >= 0.6 is 12.2 Å². The van der Waals surface area contributed by atoms with Gasteiger partial charge < -0.3 is 15.0 Å². The molecule has 0 bridgehead atoms. The summed E-state index contributed by atoms with van der Waals surface area (Å²) >= 11 is 5.47. The maximum absolute atomic E-state index is 12.5. The number of ether oxygens (including phenoxy) is 1. The molecule has 27 heavy (non-hydrogen) atoms. The summed E-state index contributed by atoms with van der Waals surface area (Å²) in [6, 6.07) is 11.8. The predicted octanol–water partition coefficient (Wildman–Crippen LogP) is 5.01. The van der Waals surface area contributed by atoms with Gasteiger partial charge in [0, 0.05) is 18.8 Å². The monoisotopic (exact) mass is 384 g/mol. The number of nitrogens with one attached hydrogen (secondary N) is 1. The summed E-state index contributed by atoms with van der Waals surface area (Å²) in [6.45, 7) is 12.0. The zero-order valence-electron chi connectivity index (χ0n) is 16.8. The van der Waals surface area contributed by atoms with Gasteiger partial charge in [0.15, 0.2) is 5.11 Å². The van der Waals surface area contributed by atoms with Gasteiger partial charge in [-0.2, -0.15) is 0 Å². The fourth-order valence-corrected chi connectivity index (χ4v) is 3.15. The van der Waals surface area contributed by atoms with Gasteiger partial charge in [-0.3, -0.25) is 0 Å². The Kier molecular flexibility index (Phi) is 7.36. The van der Waals surface area contributed by atoms with Crippen LogP contribution in [0.3, 0.4) is 0 Å². The second-order valence-electron chi connectivity index (χ2n) is 6.65. The van der Waals surface area contributed by atoms with Crippen molar-refractivity contribution in [3.63, 3.8) is 0 Å². The third-order valence-electron chi connectivity index (χ3n) is 4.57. The molecular formula is C22H28N2O2S. The topological polar surface area (TPSA) is 41.6 Å². The van der Waals surface area contributed by atoms with Gasteiger partial charge in [-0.05, 0) is 75.7 Å². The molecule has 2 aromatic carbocycles. The molecule has 0 unspecified atom stereocenters. The Labute approximate surface area is 167 Å². The first-order valence-corrected chi connectivity index (χ1v) is 9.66. The maximum atomic E-state index is 12.5. The lowest BCUT2D eigenvalue weighted by Crippen LogP contribution is -2.34. The molecule has 0 aliphatic rings. The molecule has 1 N–H and O–H groups in total. The molecule has 2 aromatic rings. The van der Waals surface area contributed by atoms with E-state index in [1.807, 2.05) is 57.2 Å². The second kappa shape index (κ2) is 9.51. The van der Waals surface area contributed by atoms with E-state index < -0.39 is 0 Å². The number of carbonyl (C=O) groups is 1. The van der Waals surface area contributed by atoms with Gasteiger partial charge in [0.05, 0.1) is 5.56 Å². The molecule has 0 spiro atoms. The number of anilines is 1. The number of rotatable bonds is 6.